The molecule has 35 heavy (non-hydrogen) atoms. The second-order valence-electron chi connectivity index (χ2n) is 9.77. The topological polar surface area (TPSA) is 65.1 Å². The number of nitrogens with zero attached hydrogens (tertiary/aromatic N) is 3. The summed E-state index contributed by atoms with van der Waals surface area (Å²) < 4.78 is 20.0. The Balaban J connectivity index is 1.23. The molecule has 1 N–H and O–H groups in total. The number of anilines is 2. The second kappa shape index (κ2) is 10.7. The highest BCUT2D eigenvalue weighted by molar-refractivity contribution is 6.32. The maximum absolute atomic E-state index is 14.1. The first-order chi connectivity index (χ1) is 17.1. The van der Waals surface area contributed by atoms with Crippen molar-refractivity contribution in [3.05, 3.63) is 65.1 Å². The van der Waals surface area contributed by atoms with Crippen molar-refractivity contribution >= 4 is 23.3 Å². The molecular weight excluding hydrogens is 463 g/mol. The lowest BCUT2D eigenvalue weighted by Gasteiger charge is -2.39. The van der Waals surface area contributed by atoms with Crippen molar-refractivity contribution < 1.29 is 8.81 Å². The van der Waals surface area contributed by atoms with Crippen LogP contribution in [0.2, 0.25) is 5.02 Å². The third-order valence-corrected chi connectivity index (χ3v) is 7.77. The van der Waals surface area contributed by atoms with Gasteiger partial charge in [0, 0.05) is 24.8 Å². The fourth-order valence-electron chi connectivity index (χ4n) is 5.68. The number of rotatable bonds is 6. The van der Waals surface area contributed by atoms with E-state index in [2.05, 4.69) is 21.3 Å². The van der Waals surface area contributed by atoms with Crippen LogP contribution in [0.25, 0.3) is 11.3 Å². The Morgan fingerprint density at radius 3 is 2.83 bits per heavy atom. The minimum Gasteiger partial charge on any atom is -0.423 e. The monoisotopic (exact) mass is 492 g/mol. The van der Waals surface area contributed by atoms with Gasteiger partial charge in [-0.05, 0) is 74.3 Å². The number of nitriles is 1. The van der Waals surface area contributed by atoms with Crippen molar-refractivity contribution in [1.82, 2.24) is 4.98 Å². The molecule has 2 heterocycles. The fraction of sp³-hybridized carbons (Fsp3) is 0.429. The van der Waals surface area contributed by atoms with Gasteiger partial charge in [0.05, 0.1) is 22.3 Å². The first-order valence-electron chi connectivity index (χ1n) is 12.5. The molecule has 0 radical (unpaired) electrons. The molecule has 1 aromatic heterocycles. The molecule has 3 atom stereocenters. The molecule has 1 aliphatic heterocycles. The van der Waals surface area contributed by atoms with Gasteiger partial charge in [0.2, 0.25) is 0 Å². The summed E-state index contributed by atoms with van der Waals surface area (Å²) in [5, 5.41) is 13.2. The normalized spacial score (nSPS) is 22.5. The molecule has 0 spiro atoms. The van der Waals surface area contributed by atoms with Gasteiger partial charge in [0.1, 0.15) is 11.9 Å². The van der Waals surface area contributed by atoms with E-state index in [1.54, 1.807) is 24.4 Å². The van der Waals surface area contributed by atoms with Crippen LogP contribution in [0.3, 0.4) is 0 Å². The van der Waals surface area contributed by atoms with Crippen LogP contribution >= 0.6 is 11.6 Å². The Labute approximate surface area is 210 Å². The highest BCUT2D eigenvalue weighted by atomic mass is 35.5. The van der Waals surface area contributed by atoms with E-state index < -0.39 is 0 Å². The number of piperidine rings is 1. The van der Waals surface area contributed by atoms with Gasteiger partial charge in [-0.25, -0.2) is 9.37 Å². The summed E-state index contributed by atoms with van der Waals surface area (Å²) in [6.45, 7) is 2.02. The molecular formula is C28H30ClFN4O. The molecule has 2 fully saturated rings. The van der Waals surface area contributed by atoms with Crippen molar-refractivity contribution in [2.45, 2.75) is 51.0 Å². The Morgan fingerprint density at radius 2 is 2.00 bits per heavy atom. The number of benzene rings is 2. The van der Waals surface area contributed by atoms with Crippen molar-refractivity contribution in [2.75, 3.05) is 23.3 Å². The maximum atomic E-state index is 14.1. The fourth-order valence-corrected chi connectivity index (χ4v) is 5.89. The summed E-state index contributed by atoms with van der Waals surface area (Å²) >= 11 is 6.29. The largest absolute Gasteiger partial charge is 0.423 e. The highest BCUT2D eigenvalue weighted by Crippen LogP contribution is 2.36. The van der Waals surface area contributed by atoms with E-state index in [-0.39, 0.29) is 5.82 Å². The molecule has 1 aliphatic carbocycles. The highest BCUT2D eigenvalue weighted by Gasteiger charge is 2.31. The summed E-state index contributed by atoms with van der Waals surface area (Å²) in [4.78, 5) is 6.80. The number of halogens is 2. The molecule has 0 unspecified atom stereocenters. The number of oxazole rings is 1. The van der Waals surface area contributed by atoms with Crippen molar-refractivity contribution in [1.29, 1.82) is 5.26 Å². The molecule has 0 bridgehead atoms. The van der Waals surface area contributed by atoms with Gasteiger partial charge in [0.15, 0.2) is 5.76 Å². The molecule has 0 amide bonds. The van der Waals surface area contributed by atoms with E-state index in [0.29, 0.717) is 45.8 Å². The average molecular weight is 493 g/mol. The molecule has 1 saturated heterocycles. The first-order valence-corrected chi connectivity index (χ1v) is 12.9. The summed E-state index contributed by atoms with van der Waals surface area (Å²) in [5.41, 5.74) is 2.04. The maximum Gasteiger partial charge on any atom is 0.295 e. The van der Waals surface area contributed by atoms with Crippen molar-refractivity contribution in [3.8, 4) is 17.4 Å². The van der Waals surface area contributed by atoms with Crippen LogP contribution in [0.1, 0.15) is 50.5 Å². The van der Waals surface area contributed by atoms with E-state index in [4.69, 9.17) is 21.3 Å². The zero-order valence-electron chi connectivity index (χ0n) is 19.7. The zero-order chi connectivity index (χ0) is 24.2. The van der Waals surface area contributed by atoms with E-state index >= 15 is 0 Å². The van der Waals surface area contributed by atoms with Gasteiger partial charge in [-0.3, -0.25) is 0 Å². The summed E-state index contributed by atoms with van der Waals surface area (Å²) in [6, 6.07) is 15.3. The van der Waals surface area contributed by atoms with Crippen molar-refractivity contribution in [3.63, 3.8) is 0 Å². The first kappa shape index (κ1) is 23.7. The SMILES string of the molecule is N#Cc1ccc(N2CCC[C@H](C[C@@H]3CCCC[C@H]3Nc3ncc(-c4ccccc4F)o3)C2)cc1Cl. The minimum atomic E-state index is -0.309. The molecule has 2 aliphatic rings. The van der Waals surface area contributed by atoms with Crippen LogP contribution in [0.5, 0.6) is 0 Å². The Kier molecular flexibility index (Phi) is 7.24. The lowest BCUT2D eigenvalue weighted by atomic mass is 9.77. The molecule has 182 valence electrons. The van der Waals surface area contributed by atoms with Gasteiger partial charge in [0.25, 0.3) is 6.01 Å². The molecule has 1 saturated carbocycles. The van der Waals surface area contributed by atoms with Crippen LogP contribution in [0, 0.1) is 29.0 Å². The minimum absolute atomic E-state index is 0.301. The van der Waals surface area contributed by atoms with E-state index in [1.165, 1.54) is 31.7 Å². The van der Waals surface area contributed by atoms with Crippen LogP contribution < -0.4 is 10.2 Å². The average Bonchev–Trinajstić information content (AvgIpc) is 3.34. The second-order valence-corrected chi connectivity index (χ2v) is 10.2. The molecule has 7 heteroatoms. The van der Waals surface area contributed by atoms with Crippen LogP contribution in [-0.4, -0.2) is 24.1 Å². The number of hydrogen-bond donors (Lipinski definition) is 1. The Morgan fingerprint density at radius 1 is 1.14 bits per heavy atom. The van der Waals surface area contributed by atoms with E-state index in [9.17, 15) is 4.39 Å². The van der Waals surface area contributed by atoms with Gasteiger partial charge in [-0.15, -0.1) is 0 Å². The van der Waals surface area contributed by atoms with Gasteiger partial charge >= 0.3 is 0 Å². The third kappa shape index (κ3) is 5.46. The molecule has 5 nitrogen and oxygen atoms in total. The number of nitrogens with one attached hydrogen (secondary N) is 1. The van der Waals surface area contributed by atoms with Gasteiger partial charge in [-0.1, -0.05) is 36.6 Å². The van der Waals surface area contributed by atoms with Gasteiger partial charge < -0.3 is 14.6 Å². The standard InChI is InChI=1S/C28H30ClFN4O/c29-24-15-22(12-11-21(24)16-31)34-13-5-6-19(18-34)14-20-7-1-4-10-26(20)33-28-32-17-27(35-28)23-8-2-3-9-25(23)30/h2-3,8-9,11-12,15,17,19-20,26H,1,4-7,10,13-14,18H2,(H,32,33)/t19-,20+,26-/m1/s1. The quantitative estimate of drug-likeness (QED) is 0.391. The van der Waals surface area contributed by atoms with E-state index in [1.807, 2.05) is 18.2 Å². The van der Waals surface area contributed by atoms with Crippen LogP contribution in [-0.2, 0) is 0 Å². The lowest BCUT2D eigenvalue weighted by molar-refractivity contribution is 0.245. The number of aromatic nitrogens is 1. The predicted molar refractivity (Wildman–Crippen MR) is 137 cm³/mol. The van der Waals surface area contributed by atoms with Crippen LogP contribution in [0.4, 0.5) is 16.1 Å². The Hall–Kier alpha value is -3.04. The van der Waals surface area contributed by atoms with Crippen molar-refractivity contribution in [2.24, 2.45) is 11.8 Å². The molecule has 3 aromatic rings. The smallest absolute Gasteiger partial charge is 0.295 e. The summed E-state index contributed by atoms with van der Waals surface area (Å²) in [7, 11) is 0. The number of hydrogen-bond acceptors (Lipinski definition) is 5. The summed E-state index contributed by atoms with van der Waals surface area (Å²) in [6.07, 6.45) is 9.84. The lowest BCUT2D eigenvalue weighted by Crippen LogP contribution is -2.39. The Bertz CT molecular complexity index is 1210. The zero-order valence-corrected chi connectivity index (χ0v) is 20.5. The summed E-state index contributed by atoms with van der Waals surface area (Å²) in [5.74, 6) is 1.28. The third-order valence-electron chi connectivity index (χ3n) is 7.46. The molecule has 5 rings (SSSR count). The van der Waals surface area contributed by atoms with E-state index in [0.717, 1.165) is 38.0 Å². The molecule has 2 aromatic carbocycles. The van der Waals surface area contributed by atoms with Crippen LogP contribution in [0.15, 0.2) is 53.1 Å². The van der Waals surface area contributed by atoms with Gasteiger partial charge in [-0.2, -0.15) is 5.26 Å². The predicted octanol–water partition coefficient (Wildman–Crippen LogP) is 7.28.